The minimum Gasteiger partial charge on any atom is -0.478 e. The number of aromatic nitrogens is 1. The Morgan fingerprint density at radius 3 is 2.03 bits per heavy atom. The monoisotopic (exact) mass is 438 g/mol. The number of carbonyl (C=O) groups is 2. The Morgan fingerprint density at radius 1 is 0.875 bits per heavy atom. The minimum absolute atomic E-state index is 0.0304. The van der Waals surface area contributed by atoms with E-state index in [4.69, 9.17) is 0 Å². The van der Waals surface area contributed by atoms with Crippen molar-refractivity contribution in [2.45, 2.75) is 0 Å². The first-order valence-electron chi connectivity index (χ1n) is 9.96. The van der Waals surface area contributed by atoms with Crippen molar-refractivity contribution in [1.82, 2.24) is 4.98 Å². The number of aromatic carboxylic acids is 1. The summed E-state index contributed by atoms with van der Waals surface area (Å²) in [5, 5.41) is 12.3. The Balaban J connectivity index is 1.47. The lowest BCUT2D eigenvalue weighted by Crippen LogP contribution is -2.47. The summed E-state index contributed by atoms with van der Waals surface area (Å²) in [6, 6.07) is 12.6. The second-order valence-corrected chi connectivity index (χ2v) is 7.31. The van der Waals surface area contributed by atoms with Gasteiger partial charge in [-0.1, -0.05) is 0 Å². The number of carbonyl (C=O) groups excluding carboxylic acids is 1. The molecular formula is C23H20F2N4O3. The molecule has 0 saturated carbocycles. The number of hydrogen-bond acceptors (Lipinski definition) is 5. The maximum atomic E-state index is 13.1. The van der Waals surface area contributed by atoms with E-state index in [0.717, 1.165) is 5.69 Å². The van der Waals surface area contributed by atoms with Gasteiger partial charge in [-0.25, -0.2) is 18.6 Å². The highest BCUT2D eigenvalue weighted by atomic mass is 19.1. The van der Waals surface area contributed by atoms with E-state index >= 15 is 0 Å². The van der Waals surface area contributed by atoms with Gasteiger partial charge in [-0.2, -0.15) is 0 Å². The number of anilines is 3. The predicted molar refractivity (Wildman–Crippen MR) is 116 cm³/mol. The van der Waals surface area contributed by atoms with Gasteiger partial charge in [-0.3, -0.25) is 4.79 Å². The molecule has 0 unspecified atom stereocenters. The summed E-state index contributed by atoms with van der Waals surface area (Å²) in [6.45, 7) is 2.31. The zero-order valence-electron chi connectivity index (χ0n) is 17.0. The Bertz CT molecular complexity index is 1130. The molecule has 1 amide bonds. The van der Waals surface area contributed by atoms with E-state index < -0.39 is 17.7 Å². The van der Waals surface area contributed by atoms with Gasteiger partial charge in [0.1, 0.15) is 23.0 Å². The summed E-state index contributed by atoms with van der Waals surface area (Å²) in [5.74, 6) is -2.10. The Kier molecular flexibility index (Phi) is 5.98. The number of halogens is 2. The van der Waals surface area contributed by atoms with Crippen molar-refractivity contribution in [3.8, 4) is 0 Å². The highest BCUT2D eigenvalue weighted by Crippen LogP contribution is 2.25. The molecule has 9 heteroatoms. The summed E-state index contributed by atoms with van der Waals surface area (Å²) in [4.78, 5) is 32.5. The zero-order valence-corrected chi connectivity index (χ0v) is 17.0. The number of benzene rings is 2. The summed E-state index contributed by atoms with van der Waals surface area (Å²) in [6.07, 6.45) is 1.40. The number of rotatable bonds is 5. The fraction of sp³-hybridized carbons (Fsp3) is 0.174. The lowest BCUT2D eigenvalue weighted by Gasteiger charge is -2.37. The van der Waals surface area contributed by atoms with Crippen molar-refractivity contribution in [3.05, 3.63) is 83.6 Å². The molecule has 0 spiro atoms. The third-order valence-corrected chi connectivity index (χ3v) is 5.23. The first-order chi connectivity index (χ1) is 15.4. The van der Waals surface area contributed by atoms with Crippen molar-refractivity contribution in [3.63, 3.8) is 0 Å². The number of carboxylic acids is 1. The molecule has 3 aromatic rings. The molecule has 1 saturated heterocycles. The van der Waals surface area contributed by atoms with Crippen LogP contribution < -0.4 is 15.1 Å². The number of nitrogens with zero attached hydrogens (tertiary/aromatic N) is 3. The Labute approximate surface area is 182 Å². The average molecular weight is 438 g/mol. The van der Waals surface area contributed by atoms with E-state index in [0.29, 0.717) is 32.0 Å². The van der Waals surface area contributed by atoms with Crippen molar-refractivity contribution in [2.75, 3.05) is 41.3 Å². The van der Waals surface area contributed by atoms with Crippen molar-refractivity contribution < 1.29 is 23.5 Å². The van der Waals surface area contributed by atoms with E-state index in [2.05, 4.69) is 15.2 Å². The lowest BCUT2D eigenvalue weighted by molar-refractivity contribution is 0.0696. The third kappa shape index (κ3) is 4.66. The van der Waals surface area contributed by atoms with Gasteiger partial charge in [0, 0.05) is 37.4 Å². The van der Waals surface area contributed by atoms with Crippen LogP contribution in [0.15, 0.2) is 60.8 Å². The fourth-order valence-electron chi connectivity index (χ4n) is 3.57. The van der Waals surface area contributed by atoms with E-state index in [1.165, 1.54) is 48.7 Å². The molecule has 2 N–H and O–H groups in total. The molecule has 1 aliphatic rings. The van der Waals surface area contributed by atoms with Crippen LogP contribution in [0, 0.1) is 11.6 Å². The van der Waals surface area contributed by atoms with Gasteiger partial charge in [0.15, 0.2) is 0 Å². The maximum Gasteiger partial charge on any atom is 0.339 e. The molecule has 0 atom stereocenters. The summed E-state index contributed by atoms with van der Waals surface area (Å²) < 4.78 is 26.2. The van der Waals surface area contributed by atoms with Gasteiger partial charge < -0.3 is 20.2 Å². The van der Waals surface area contributed by atoms with E-state index in [1.54, 1.807) is 12.1 Å². The molecule has 1 aliphatic heterocycles. The molecule has 164 valence electrons. The van der Waals surface area contributed by atoms with Crippen LogP contribution in [0.3, 0.4) is 0 Å². The van der Waals surface area contributed by atoms with Crippen LogP contribution in [0.1, 0.15) is 20.7 Å². The molecule has 0 radical (unpaired) electrons. The van der Waals surface area contributed by atoms with E-state index in [-0.39, 0.29) is 22.6 Å². The topological polar surface area (TPSA) is 85.8 Å². The van der Waals surface area contributed by atoms with Crippen LogP contribution in [-0.4, -0.2) is 48.1 Å². The second kappa shape index (κ2) is 9.01. The molecule has 4 rings (SSSR count). The van der Waals surface area contributed by atoms with Crippen LogP contribution in [0.2, 0.25) is 0 Å². The van der Waals surface area contributed by atoms with Gasteiger partial charge in [-0.15, -0.1) is 0 Å². The normalized spacial score (nSPS) is 13.7. The molecule has 1 fully saturated rings. The Morgan fingerprint density at radius 2 is 1.44 bits per heavy atom. The number of piperazine rings is 1. The van der Waals surface area contributed by atoms with Crippen molar-refractivity contribution >= 4 is 29.1 Å². The van der Waals surface area contributed by atoms with Crippen LogP contribution in [0.5, 0.6) is 0 Å². The smallest absolute Gasteiger partial charge is 0.339 e. The van der Waals surface area contributed by atoms with Crippen LogP contribution >= 0.6 is 0 Å². The summed E-state index contributed by atoms with van der Waals surface area (Å²) >= 11 is 0. The standard InChI is InChI=1S/C23H20F2N4O3/c24-16-3-1-15(2-4-16)22(30)27-18-13-20(23(31)32)21(26-14-18)29-11-9-28(10-12-29)19-7-5-17(25)6-8-19/h1-8,13-14H,9-12H2,(H,27,30)(H,31,32). The average Bonchev–Trinajstić information content (AvgIpc) is 2.80. The van der Waals surface area contributed by atoms with Crippen LogP contribution in [0.25, 0.3) is 0 Å². The lowest BCUT2D eigenvalue weighted by atomic mass is 10.1. The van der Waals surface area contributed by atoms with Crippen molar-refractivity contribution in [2.24, 2.45) is 0 Å². The largest absolute Gasteiger partial charge is 0.478 e. The van der Waals surface area contributed by atoms with E-state index in [1.807, 2.05) is 4.90 Å². The number of carboxylic acid groups (broad SMARTS) is 1. The highest BCUT2D eigenvalue weighted by Gasteiger charge is 2.23. The summed E-state index contributed by atoms with van der Waals surface area (Å²) in [5.41, 5.74) is 1.34. The molecule has 2 heterocycles. The number of pyridine rings is 1. The van der Waals surface area contributed by atoms with E-state index in [9.17, 15) is 23.5 Å². The zero-order chi connectivity index (χ0) is 22.7. The SMILES string of the molecule is O=C(Nc1cnc(N2CCN(c3ccc(F)cc3)CC2)c(C(=O)O)c1)c1ccc(F)cc1. The quantitative estimate of drug-likeness (QED) is 0.633. The molecule has 32 heavy (non-hydrogen) atoms. The number of hydrogen-bond donors (Lipinski definition) is 2. The molecule has 2 aromatic carbocycles. The van der Waals surface area contributed by atoms with Crippen molar-refractivity contribution in [1.29, 1.82) is 0 Å². The molecule has 0 aliphatic carbocycles. The molecule has 1 aromatic heterocycles. The van der Waals surface area contributed by atoms with Gasteiger partial charge >= 0.3 is 5.97 Å². The highest BCUT2D eigenvalue weighted by molar-refractivity contribution is 6.05. The van der Waals surface area contributed by atoms with Gasteiger partial charge in [0.2, 0.25) is 0 Å². The van der Waals surface area contributed by atoms with Gasteiger partial charge in [-0.05, 0) is 54.6 Å². The number of nitrogens with one attached hydrogen (secondary N) is 1. The van der Waals surface area contributed by atoms with Gasteiger partial charge in [0.05, 0.1) is 11.9 Å². The first-order valence-corrected chi connectivity index (χ1v) is 9.96. The second-order valence-electron chi connectivity index (χ2n) is 7.31. The van der Waals surface area contributed by atoms with Crippen LogP contribution in [0.4, 0.5) is 26.0 Å². The summed E-state index contributed by atoms with van der Waals surface area (Å²) in [7, 11) is 0. The third-order valence-electron chi connectivity index (χ3n) is 5.23. The van der Waals surface area contributed by atoms with Crippen LogP contribution in [-0.2, 0) is 0 Å². The maximum absolute atomic E-state index is 13.1. The minimum atomic E-state index is -1.16. The Hall–Kier alpha value is -4.01. The predicted octanol–water partition coefficient (Wildman–Crippen LogP) is 3.64. The molecule has 0 bridgehead atoms. The molecular weight excluding hydrogens is 418 g/mol. The number of amides is 1. The first kappa shape index (κ1) is 21.2. The molecule has 7 nitrogen and oxygen atoms in total. The fourth-order valence-corrected chi connectivity index (χ4v) is 3.57. The van der Waals surface area contributed by atoms with Gasteiger partial charge in [0.25, 0.3) is 5.91 Å².